The van der Waals surface area contributed by atoms with Crippen LogP contribution in [0.2, 0.25) is 0 Å². The third-order valence-electron chi connectivity index (χ3n) is 5.48. The SMILES string of the molecule is CC(=NN)C(=S)C(=O)Nc1ccc(-c2ccnc(Nc3ccc(N4CCOCC4)cc3)n2)cc1N. The number of amides is 1. The van der Waals surface area contributed by atoms with Crippen LogP contribution in [0.15, 0.2) is 59.8 Å². The normalized spacial score (nSPS) is 13.9. The number of rotatable bonds is 7. The van der Waals surface area contributed by atoms with E-state index in [-0.39, 0.29) is 10.6 Å². The smallest absolute Gasteiger partial charge is 0.268 e. The molecule has 180 valence electrons. The minimum atomic E-state index is -0.501. The molecule has 0 atom stereocenters. The third-order valence-corrected chi connectivity index (χ3v) is 5.96. The maximum Gasteiger partial charge on any atom is 0.268 e. The number of benzene rings is 2. The van der Waals surface area contributed by atoms with Crippen molar-refractivity contribution in [2.24, 2.45) is 10.9 Å². The van der Waals surface area contributed by atoms with Crippen molar-refractivity contribution in [3.63, 3.8) is 0 Å². The lowest BCUT2D eigenvalue weighted by Crippen LogP contribution is -2.36. The van der Waals surface area contributed by atoms with Gasteiger partial charge < -0.3 is 31.8 Å². The predicted octanol–water partition coefficient (Wildman–Crippen LogP) is 2.95. The van der Waals surface area contributed by atoms with E-state index < -0.39 is 5.91 Å². The van der Waals surface area contributed by atoms with Gasteiger partial charge in [0, 0.05) is 36.2 Å². The molecule has 11 heteroatoms. The van der Waals surface area contributed by atoms with Gasteiger partial charge in [0.15, 0.2) is 0 Å². The molecule has 10 nitrogen and oxygen atoms in total. The molecule has 1 aliphatic rings. The van der Waals surface area contributed by atoms with E-state index in [0.717, 1.165) is 43.2 Å². The highest BCUT2D eigenvalue weighted by molar-refractivity contribution is 7.84. The number of nitrogens with one attached hydrogen (secondary N) is 2. The maximum absolute atomic E-state index is 12.3. The lowest BCUT2D eigenvalue weighted by atomic mass is 10.1. The molecule has 2 heterocycles. The van der Waals surface area contributed by atoms with E-state index >= 15 is 0 Å². The van der Waals surface area contributed by atoms with Gasteiger partial charge in [-0.2, -0.15) is 5.10 Å². The average Bonchev–Trinajstić information content (AvgIpc) is 2.90. The first-order chi connectivity index (χ1) is 16.9. The number of hydrazone groups is 1. The van der Waals surface area contributed by atoms with Crippen LogP contribution in [0.3, 0.4) is 0 Å². The average molecular weight is 491 g/mol. The van der Waals surface area contributed by atoms with Crippen molar-refractivity contribution in [3.05, 3.63) is 54.7 Å². The predicted molar refractivity (Wildman–Crippen MR) is 143 cm³/mol. The quantitative estimate of drug-likeness (QED) is 0.129. The number of hydrogen-bond acceptors (Lipinski definition) is 10. The first-order valence-corrected chi connectivity index (χ1v) is 11.4. The maximum atomic E-state index is 12.3. The Hall–Kier alpha value is -4.09. The summed E-state index contributed by atoms with van der Waals surface area (Å²) in [6, 6.07) is 15.1. The second-order valence-electron chi connectivity index (χ2n) is 7.84. The largest absolute Gasteiger partial charge is 0.397 e. The Morgan fingerprint density at radius 1 is 1.14 bits per heavy atom. The van der Waals surface area contributed by atoms with Gasteiger partial charge in [-0.3, -0.25) is 4.79 Å². The van der Waals surface area contributed by atoms with Crippen molar-refractivity contribution in [2.75, 3.05) is 47.6 Å². The minimum absolute atomic E-state index is 0.000436. The molecule has 1 fully saturated rings. The third kappa shape index (κ3) is 5.89. The van der Waals surface area contributed by atoms with Crippen LogP contribution in [0.5, 0.6) is 0 Å². The van der Waals surface area contributed by atoms with Crippen LogP contribution in [-0.2, 0) is 9.53 Å². The molecule has 1 amide bonds. The van der Waals surface area contributed by atoms with E-state index in [2.05, 4.69) is 42.7 Å². The van der Waals surface area contributed by atoms with Gasteiger partial charge in [-0.25, -0.2) is 9.97 Å². The van der Waals surface area contributed by atoms with Crippen LogP contribution >= 0.6 is 12.2 Å². The lowest BCUT2D eigenvalue weighted by molar-refractivity contribution is -0.110. The van der Waals surface area contributed by atoms with Crippen molar-refractivity contribution in [1.82, 2.24) is 9.97 Å². The van der Waals surface area contributed by atoms with E-state index in [1.807, 2.05) is 18.2 Å². The van der Waals surface area contributed by atoms with Gasteiger partial charge in [-0.1, -0.05) is 18.3 Å². The number of nitrogens with two attached hydrogens (primary N) is 2. The van der Waals surface area contributed by atoms with Gasteiger partial charge in [-0.15, -0.1) is 0 Å². The Morgan fingerprint density at radius 2 is 1.89 bits per heavy atom. The molecule has 0 saturated carbocycles. The van der Waals surface area contributed by atoms with Gasteiger partial charge in [0.2, 0.25) is 5.95 Å². The van der Waals surface area contributed by atoms with Crippen molar-refractivity contribution >= 4 is 57.4 Å². The number of anilines is 5. The van der Waals surface area contributed by atoms with Gasteiger partial charge in [0.1, 0.15) is 4.86 Å². The molecule has 0 radical (unpaired) electrons. The van der Waals surface area contributed by atoms with Crippen LogP contribution < -0.4 is 27.1 Å². The Kier molecular flexibility index (Phi) is 7.48. The zero-order valence-electron chi connectivity index (χ0n) is 19.2. The van der Waals surface area contributed by atoms with Crippen molar-refractivity contribution in [3.8, 4) is 11.3 Å². The number of morpholine rings is 1. The highest BCUT2D eigenvalue weighted by atomic mass is 32.1. The van der Waals surface area contributed by atoms with Crippen molar-refractivity contribution < 1.29 is 9.53 Å². The summed E-state index contributed by atoms with van der Waals surface area (Å²) in [6.45, 7) is 4.83. The van der Waals surface area contributed by atoms with E-state index in [1.165, 1.54) is 0 Å². The molecule has 0 unspecified atom stereocenters. The number of nitrogens with zero attached hydrogens (tertiary/aromatic N) is 4. The number of carbonyl (C=O) groups excluding carboxylic acids is 1. The lowest BCUT2D eigenvalue weighted by Gasteiger charge is -2.28. The molecular formula is C24H26N8O2S. The van der Waals surface area contributed by atoms with Crippen LogP contribution in [0.4, 0.5) is 28.7 Å². The summed E-state index contributed by atoms with van der Waals surface area (Å²) >= 11 is 5.06. The highest BCUT2D eigenvalue weighted by Crippen LogP contribution is 2.27. The van der Waals surface area contributed by atoms with Gasteiger partial charge in [-0.05, 0) is 49.4 Å². The van der Waals surface area contributed by atoms with Crippen molar-refractivity contribution in [1.29, 1.82) is 0 Å². The van der Waals surface area contributed by atoms with Gasteiger partial charge >= 0.3 is 0 Å². The number of nitrogen functional groups attached to an aromatic ring is 1. The van der Waals surface area contributed by atoms with E-state index in [1.54, 1.807) is 31.3 Å². The number of hydrogen-bond donors (Lipinski definition) is 4. The van der Waals surface area contributed by atoms with Crippen LogP contribution in [0, 0.1) is 0 Å². The van der Waals surface area contributed by atoms with Crippen LogP contribution in [0.1, 0.15) is 6.92 Å². The van der Waals surface area contributed by atoms with Crippen molar-refractivity contribution in [2.45, 2.75) is 6.92 Å². The Balaban J connectivity index is 1.45. The molecule has 4 rings (SSSR count). The van der Waals surface area contributed by atoms with Gasteiger partial charge in [0.05, 0.1) is 36.0 Å². The summed E-state index contributed by atoms with van der Waals surface area (Å²) in [4.78, 5) is 23.5. The zero-order chi connectivity index (χ0) is 24.8. The molecule has 1 aromatic heterocycles. The fourth-order valence-corrected chi connectivity index (χ4v) is 3.63. The number of thiocarbonyl (C=S) groups is 1. The second kappa shape index (κ2) is 10.9. The van der Waals surface area contributed by atoms with Gasteiger partial charge in [0.25, 0.3) is 5.91 Å². The topological polar surface area (TPSA) is 144 Å². The van der Waals surface area contributed by atoms with Crippen LogP contribution in [-0.4, -0.2) is 52.8 Å². The first-order valence-electron chi connectivity index (χ1n) is 11.0. The number of ether oxygens (including phenoxy) is 1. The molecule has 35 heavy (non-hydrogen) atoms. The molecule has 2 aromatic carbocycles. The summed E-state index contributed by atoms with van der Waals surface area (Å²) in [5, 5.41) is 9.36. The van der Waals surface area contributed by atoms with E-state index in [4.69, 9.17) is 28.5 Å². The van der Waals surface area contributed by atoms with Crippen LogP contribution in [0.25, 0.3) is 11.3 Å². The molecule has 0 bridgehead atoms. The summed E-state index contributed by atoms with van der Waals surface area (Å²) in [7, 11) is 0. The summed E-state index contributed by atoms with van der Waals surface area (Å²) in [5.74, 6) is 5.15. The molecule has 1 aliphatic heterocycles. The van der Waals surface area contributed by atoms with E-state index in [9.17, 15) is 4.79 Å². The zero-order valence-corrected chi connectivity index (χ0v) is 20.0. The fraction of sp³-hybridized carbons (Fsp3) is 0.208. The molecule has 0 aliphatic carbocycles. The summed E-state index contributed by atoms with van der Waals surface area (Å²) in [6.07, 6.45) is 1.67. The monoisotopic (exact) mass is 490 g/mol. The number of carbonyl (C=O) groups is 1. The Bertz CT molecular complexity index is 1260. The summed E-state index contributed by atoms with van der Waals surface area (Å²) < 4.78 is 5.41. The first kappa shape index (κ1) is 24.0. The summed E-state index contributed by atoms with van der Waals surface area (Å²) in [5.41, 5.74) is 10.7. The Morgan fingerprint density at radius 3 is 2.57 bits per heavy atom. The molecule has 6 N–H and O–H groups in total. The Labute approximate surface area is 208 Å². The molecule has 1 saturated heterocycles. The minimum Gasteiger partial charge on any atom is -0.397 e. The molecule has 0 spiro atoms. The van der Waals surface area contributed by atoms with E-state index in [0.29, 0.717) is 23.0 Å². The highest BCUT2D eigenvalue weighted by Gasteiger charge is 2.15. The standard InChI is InChI=1S/C24H26N8O2S/c1-15(31-26)22(35)23(33)29-21-7-2-16(14-19(21)25)20-8-9-27-24(30-20)28-17-3-5-18(6-4-17)32-10-12-34-13-11-32/h2-9,14H,10-13,25-26H2,1H3,(H,29,33)(H,27,28,30). The fourth-order valence-electron chi connectivity index (χ4n) is 3.52. The molecular weight excluding hydrogens is 464 g/mol. The second-order valence-corrected chi connectivity index (χ2v) is 8.24. The number of aromatic nitrogens is 2. The molecule has 3 aromatic rings.